The van der Waals surface area contributed by atoms with Gasteiger partial charge >= 0.3 is 0 Å². The van der Waals surface area contributed by atoms with Gasteiger partial charge in [0.15, 0.2) is 11.6 Å². The van der Waals surface area contributed by atoms with Gasteiger partial charge in [-0.2, -0.15) is 0 Å². The Morgan fingerprint density at radius 3 is 2.77 bits per heavy atom. The molecule has 10 heteroatoms. The Labute approximate surface area is 172 Å². The van der Waals surface area contributed by atoms with Crippen LogP contribution < -0.4 is 4.72 Å². The minimum Gasteiger partial charge on any atom is -0.340 e. The quantitative estimate of drug-likeness (QED) is 0.624. The van der Waals surface area contributed by atoms with Crippen molar-refractivity contribution in [3.05, 3.63) is 59.9 Å². The van der Waals surface area contributed by atoms with Gasteiger partial charge in [-0.3, -0.25) is 4.79 Å². The van der Waals surface area contributed by atoms with E-state index in [0.29, 0.717) is 18.4 Å². The van der Waals surface area contributed by atoms with Crippen LogP contribution in [0.3, 0.4) is 0 Å². The zero-order chi connectivity index (χ0) is 21.3. The number of sulfonamides is 1. The third kappa shape index (κ3) is 4.05. The maximum Gasteiger partial charge on any atom is 0.240 e. The van der Waals surface area contributed by atoms with E-state index in [-0.39, 0.29) is 24.9 Å². The summed E-state index contributed by atoms with van der Waals surface area (Å²) in [5.41, 5.74) is 1.72. The third-order valence-electron chi connectivity index (χ3n) is 5.13. The molecule has 2 aromatic carbocycles. The first-order chi connectivity index (χ1) is 14.3. The van der Waals surface area contributed by atoms with Crippen LogP contribution in [0.1, 0.15) is 31.1 Å². The third-order valence-corrected chi connectivity index (χ3v) is 6.59. The number of carbonyl (C=O) groups is 1. The lowest BCUT2D eigenvalue weighted by atomic mass is 10.2. The SMILES string of the molecule is O=C(CCNS(=O)(=O)c1ccc(F)c(F)c1)N1CCCC1c1nc2ccccc2[nH]1. The number of imidazole rings is 1. The van der Waals surface area contributed by atoms with Gasteiger partial charge in [-0.25, -0.2) is 26.9 Å². The summed E-state index contributed by atoms with van der Waals surface area (Å²) >= 11 is 0. The number of likely N-dealkylation sites (tertiary alicyclic amines) is 1. The van der Waals surface area contributed by atoms with Gasteiger partial charge < -0.3 is 9.88 Å². The number of H-pyrrole nitrogens is 1. The average Bonchev–Trinajstić information content (AvgIpc) is 3.36. The topological polar surface area (TPSA) is 95.2 Å². The van der Waals surface area contributed by atoms with Gasteiger partial charge in [0, 0.05) is 19.5 Å². The van der Waals surface area contributed by atoms with E-state index in [1.165, 1.54) is 0 Å². The molecule has 158 valence electrons. The molecule has 2 N–H and O–H groups in total. The second kappa shape index (κ2) is 8.11. The summed E-state index contributed by atoms with van der Waals surface area (Å²) in [5, 5.41) is 0. The van der Waals surface area contributed by atoms with E-state index in [9.17, 15) is 22.0 Å². The molecule has 0 radical (unpaired) electrons. The Hall–Kier alpha value is -2.85. The Kier molecular flexibility index (Phi) is 5.52. The molecule has 1 aliphatic heterocycles. The number of nitrogens with zero attached hydrogens (tertiary/aromatic N) is 2. The van der Waals surface area contributed by atoms with E-state index in [4.69, 9.17) is 0 Å². The van der Waals surface area contributed by atoms with Crippen molar-refractivity contribution < 1.29 is 22.0 Å². The van der Waals surface area contributed by atoms with Crippen molar-refractivity contribution in [1.29, 1.82) is 0 Å². The van der Waals surface area contributed by atoms with Crippen LogP contribution in [0.25, 0.3) is 11.0 Å². The smallest absolute Gasteiger partial charge is 0.240 e. The molecule has 1 aromatic heterocycles. The zero-order valence-electron chi connectivity index (χ0n) is 15.9. The van der Waals surface area contributed by atoms with Crippen molar-refractivity contribution in [1.82, 2.24) is 19.6 Å². The van der Waals surface area contributed by atoms with E-state index in [2.05, 4.69) is 14.7 Å². The van der Waals surface area contributed by atoms with Crippen LogP contribution in [0.4, 0.5) is 8.78 Å². The molecule has 0 saturated carbocycles. The summed E-state index contributed by atoms with van der Waals surface area (Å²) in [7, 11) is -4.05. The lowest BCUT2D eigenvalue weighted by Crippen LogP contribution is -2.34. The van der Waals surface area contributed by atoms with E-state index in [1.807, 2.05) is 24.3 Å². The maximum absolute atomic E-state index is 13.3. The predicted molar refractivity (Wildman–Crippen MR) is 106 cm³/mol. The normalized spacial score (nSPS) is 17.0. The highest BCUT2D eigenvalue weighted by molar-refractivity contribution is 7.89. The van der Waals surface area contributed by atoms with Crippen molar-refractivity contribution >= 4 is 27.0 Å². The number of benzene rings is 2. The van der Waals surface area contributed by atoms with Crippen molar-refractivity contribution in [2.45, 2.75) is 30.2 Å². The number of hydrogen-bond donors (Lipinski definition) is 2. The van der Waals surface area contributed by atoms with E-state index >= 15 is 0 Å². The van der Waals surface area contributed by atoms with Gasteiger partial charge in [-0.15, -0.1) is 0 Å². The van der Waals surface area contributed by atoms with Gasteiger partial charge in [0.25, 0.3) is 0 Å². The van der Waals surface area contributed by atoms with E-state index < -0.39 is 26.6 Å². The first-order valence-electron chi connectivity index (χ1n) is 9.54. The van der Waals surface area contributed by atoms with E-state index in [0.717, 1.165) is 36.0 Å². The molecule has 7 nitrogen and oxygen atoms in total. The lowest BCUT2D eigenvalue weighted by Gasteiger charge is -2.23. The highest BCUT2D eigenvalue weighted by atomic mass is 32.2. The average molecular weight is 434 g/mol. The van der Waals surface area contributed by atoms with Crippen molar-refractivity contribution in [3.63, 3.8) is 0 Å². The van der Waals surface area contributed by atoms with E-state index in [1.54, 1.807) is 4.90 Å². The Bertz CT molecular complexity index is 1160. The first-order valence-corrected chi connectivity index (χ1v) is 11.0. The number of fused-ring (bicyclic) bond motifs is 1. The van der Waals surface area contributed by atoms with Gasteiger partial charge in [-0.05, 0) is 43.2 Å². The number of nitrogens with one attached hydrogen (secondary N) is 2. The van der Waals surface area contributed by atoms with Crippen LogP contribution in [0.15, 0.2) is 47.4 Å². The van der Waals surface area contributed by atoms with Crippen LogP contribution >= 0.6 is 0 Å². The summed E-state index contributed by atoms with van der Waals surface area (Å²) < 4.78 is 53.1. The molecule has 1 aliphatic rings. The fourth-order valence-electron chi connectivity index (χ4n) is 3.64. The molecule has 3 aromatic rings. The lowest BCUT2D eigenvalue weighted by molar-refractivity contribution is -0.132. The Morgan fingerprint density at radius 2 is 2.00 bits per heavy atom. The van der Waals surface area contributed by atoms with Crippen LogP contribution in [-0.4, -0.2) is 42.3 Å². The standard InChI is InChI=1S/C20H20F2N4O3S/c21-14-8-7-13(12-15(14)22)30(28,29)23-10-9-19(27)26-11-3-6-18(26)20-24-16-4-1-2-5-17(16)25-20/h1-2,4-5,7-8,12,18,23H,3,6,9-11H2,(H,24,25). The molecule has 1 atom stereocenters. The molecule has 1 unspecified atom stereocenters. The second-order valence-electron chi connectivity index (χ2n) is 7.11. The molecule has 4 rings (SSSR count). The number of aromatic amines is 1. The summed E-state index contributed by atoms with van der Waals surface area (Å²) in [6.45, 7) is 0.417. The number of hydrogen-bond acceptors (Lipinski definition) is 4. The van der Waals surface area contributed by atoms with Crippen LogP contribution in [0.5, 0.6) is 0 Å². The molecule has 2 heterocycles. The molecule has 0 spiro atoms. The fraction of sp³-hybridized carbons (Fsp3) is 0.300. The fourth-order valence-corrected chi connectivity index (χ4v) is 4.69. The highest BCUT2D eigenvalue weighted by Gasteiger charge is 2.32. The van der Waals surface area contributed by atoms with Gasteiger partial charge in [0.2, 0.25) is 15.9 Å². The molecule has 1 saturated heterocycles. The number of amides is 1. The minimum atomic E-state index is -4.05. The van der Waals surface area contributed by atoms with Crippen LogP contribution in [0.2, 0.25) is 0 Å². The van der Waals surface area contributed by atoms with Crippen LogP contribution in [0, 0.1) is 11.6 Å². The molecule has 0 bridgehead atoms. The highest BCUT2D eigenvalue weighted by Crippen LogP contribution is 2.31. The number of rotatable bonds is 6. The molecule has 1 fully saturated rings. The molecule has 0 aliphatic carbocycles. The van der Waals surface area contributed by atoms with Gasteiger partial charge in [0.05, 0.1) is 22.0 Å². The Balaban J connectivity index is 1.40. The van der Waals surface area contributed by atoms with Gasteiger partial charge in [-0.1, -0.05) is 12.1 Å². The number of carbonyl (C=O) groups excluding carboxylic acids is 1. The monoisotopic (exact) mass is 434 g/mol. The Morgan fingerprint density at radius 1 is 1.20 bits per heavy atom. The first kappa shape index (κ1) is 20.4. The summed E-state index contributed by atoms with van der Waals surface area (Å²) in [5.74, 6) is -1.87. The second-order valence-corrected chi connectivity index (χ2v) is 8.87. The number of halogens is 2. The van der Waals surface area contributed by atoms with Crippen molar-refractivity contribution in [3.8, 4) is 0 Å². The molecule has 1 amide bonds. The zero-order valence-corrected chi connectivity index (χ0v) is 16.8. The molecule has 30 heavy (non-hydrogen) atoms. The van der Waals surface area contributed by atoms with Crippen LogP contribution in [-0.2, 0) is 14.8 Å². The molecular formula is C20H20F2N4O3S. The predicted octanol–water partition coefficient (Wildman–Crippen LogP) is 2.87. The van der Waals surface area contributed by atoms with Crippen molar-refractivity contribution in [2.24, 2.45) is 0 Å². The molecular weight excluding hydrogens is 414 g/mol. The maximum atomic E-state index is 13.3. The minimum absolute atomic E-state index is 0.0559. The van der Waals surface area contributed by atoms with Gasteiger partial charge in [0.1, 0.15) is 5.82 Å². The summed E-state index contributed by atoms with van der Waals surface area (Å²) in [6.07, 6.45) is 1.54. The summed E-state index contributed by atoms with van der Waals surface area (Å²) in [6, 6.07) is 9.75. The largest absolute Gasteiger partial charge is 0.340 e. The summed E-state index contributed by atoms with van der Waals surface area (Å²) in [4.78, 5) is 21.8. The number of para-hydroxylation sites is 2. The van der Waals surface area contributed by atoms with Crippen molar-refractivity contribution in [2.75, 3.05) is 13.1 Å². The number of aromatic nitrogens is 2.